The fraction of sp³-hybridized carbons (Fsp3) is 0.667. The Balaban J connectivity index is 2.12. The van der Waals surface area contributed by atoms with Gasteiger partial charge in [-0.25, -0.2) is 0 Å². The summed E-state index contributed by atoms with van der Waals surface area (Å²) < 4.78 is 0. The number of piperidine rings is 1. The molecule has 18 heavy (non-hydrogen) atoms. The second-order valence-electron chi connectivity index (χ2n) is 5.20. The third-order valence-corrected chi connectivity index (χ3v) is 4.08. The molecule has 0 spiro atoms. The lowest BCUT2D eigenvalue weighted by Gasteiger charge is -2.37. The van der Waals surface area contributed by atoms with Crippen LogP contribution in [0.4, 0.5) is 5.69 Å². The van der Waals surface area contributed by atoms with E-state index in [1.54, 1.807) is 0 Å². The predicted molar refractivity (Wildman–Crippen MR) is 77.0 cm³/mol. The monoisotopic (exact) mass is 247 g/mol. The topological polar surface area (TPSA) is 28.2 Å². The lowest BCUT2D eigenvalue weighted by molar-refractivity contribution is 0.449. The van der Waals surface area contributed by atoms with Gasteiger partial charge in [-0.05, 0) is 51.8 Å². The first kappa shape index (κ1) is 13.3. The lowest BCUT2D eigenvalue weighted by atomic mass is 9.99. The highest BCUT2D eigenvalue weighted by Gasteiger charge is 2.21. The van der Waals surface area contributed by atoms with Crippen LogP contribution in [0.3, 0.4) is 0 Å². The number of nitrogens with one attached hydrogen (secondary N) is 1. The molecular weight excluding hydrogens is 222 g/mol. The average molecular weight is 247 g/mol. The number of rotatable bonds is 4. The summed E-state index contributed by atoms with van der Waals surface area (Å²) in [6.45, 7) is 5.60. The summed E-state index contributed by atoms with van der Waals surface area (Å²) in [5.41, 5.74) is 2.40. The Bertz CT molecular complexity index is 361. The van der Waals surface area contributed by atoms with Gasteiger partial charge in [0.2, 0.25) is 0 Å². The Labute approximate surface area is 111 Å². The van der Waals surface area contributed by atoms with Crippen molar-refractivity contribution in [1.29, 1.82) is 0 Å². The minimum Gasteiger partial charge on any atom is -0.367 e. The molecule has 1 aromatic rings. The number of nitrogens with zero attached hydrogens (tertiary/aromatic N) is 2. The van der Waals surface area contributed by atoms with E-state index in [0.29, 0.717) is 12.1 Å². The van der Waals surface area contributed by atoms with Crippen LogP contribution in [0, 0.1) is 0 Å². The summed E-state index contributed by atoms with van der Waals surface area (Å²) >= 11 is 0. The van der Waals surface area contributed by atoms with E-state index in [0.717, 1.165) is 5.69 Å². The van der Waals surface area contributed by atoms with Crippen LogP contribution in [0.1, 0.15) is 51.3 Å². The first-order chi connectivity index (χ1) is 8.76. The molecule has 2 atom stereocenters. The van der Waals surface area contributed by atoms with Gasteiger partial charge in [0.05, 0.1) is 17.6 Å². The molecule has 1 aliphatic heterocycles. The molecule has 1 N–H and O–H groups in total. The van der Waals surface area contributed by atoms with Crippen LogP contribution in [0.2, 0.25) is 0 Å². The van der Waals surface area contributed by atoms with Crippen molar-refractivity contribution >= 4 is 5.69 Å². The smallest absolute Gasteiger partial charge is 0.0571 e. The molecule has 1 fully saturated rings. The largest absolute Gasteiger partial charge is 0.367 e. The van der Waals surface area contributed by atoms with Crippen LogP contribution in [-0.2, 0) is 0 Å². The molecule has 100 valence electrons. The molecule has 1 aliphatic rings. The Morgan fingerprint density at radius 2 is 2.28 bits per heavy atom. The first-order valence-corrected chi connectivity index (χ1v) is 7.16. The van der Waals surface area contributed by atoms with Gasteiger partial charge in [0, 0.05) is 18.6 Å². The SMILES string of the molecule is CCC1CCCCN1c1ccc(C(C)NC)nc1. The van der Waals surface area contributed by atoms with E-state index in [2.05, 4.69) is 41.2 Å². The van der Waals surface area contributed by atoms with Gasteiger partial charge in [-0.3, -0.25) is 4.98 Å². The number of pyridine rings is 1. The normalized spacial score (nSPS) is 21.9. The van der Waals surface area contributed by atoms with Gasteiger partial charge in [-0.1, -0.05) is 6.92 Å². The van der Waals surface area contributed by atoms with Crippen molar-refractivity contribution in [3.8, 4) is 0 Å². The van der Waals surface area contributed by atoms with Crippen LogP contribution in [-0.4, -0.2) is 24.6 Å². The highest BCUT2D eigenvalue weighted by Crippen LogP contribution is 2.26. The van der Waals surface area contributed by atoms with Gasteiger partial charge in [-0.2, -0.15) is 0 Å². The zero-order chi connectivity index (χ0) is 13.0. The van der Waals surface area contributed by atoms with Crippen LogP contribution < -0.4 is 10.2 Å². The van der Waals surface area contributed by atoms with Gasteiger partial charge in [0.1, 0.15) is 0 Å². The minimum atomic E-state index is 0.322. The fourth-order valence-electron chi connectivity index (χ4n) is 2.74. The summed E-state index contributed by atoms with van der Waals surface area (Å²) in [5, 5.41) is 3.22. The van der Waals surface area contributed by atoms with Crippen molar-refractivity contribution in [3.63, 3.8) is 0 Å². The molecule has 0 aromatic carbocycles. The third kappa shape index (κ3) is 2.83. The van der Waals surface area contributed by atoms with Gasteiger partial charge < -0.3 is 10.2 Å². The molecule has 0 radical (unpaired) electrons. The number of aromatic nitrogens is 1. The van der Waals surface area contributed by atoms with Gasteiger partial charge in [0.25, 0.3) is 0 Å². The lowest BCUT2D eigenvalue weighted by Crippen LogP contribution is -2.39. The Hall–Kier alpha value is -1.09. The number of anilines is 1. The minimum absolute atomic E-state index is 0.322. The maximum absolute atomic E-state index is 4.59. The van der Waals surface area contributed by atoms with E-state index in [9.17, 15) is 0 Å². The van der Waals surface area contributed by atoms with E-state index >= 15 is 0 Å². The molecule has 2 unspecified atom stereocenters. The highest BCUT2D eigenvalue weighted by atomic mass is 15.2. The molecule has 1 aromatic heterocycles. The van der Waals surface area contributed by atoms with Gasteiger partial charge in [0.15, 0.2) is 0 Å². The molecule has 0 bridgehead atoms. The standard InChI is InChI=1S/C15H25N3/c1-4-13-7-5-6-10-18(13)14-8-9-15(17-11-14)12(2)16-3/h8-9,11-13,16H,4-7,10H2,1-3H3. The van der Waals surface area contributed by atoms with E-state index in [-0.39, 0.29) is 0 Å². The molecule has 1 saturated heterocycles. The quantitative estimate of drug-likeness (QED) is 0.886. The Morgan fingerprint density at radius 1 is 1.44 bits per heavy atom. The highest BCUT2D eigenvalue weighted by molar-refractivity contribution is 5.46. The Kier molecular flexibility index (Phi) is 4.59. The van der Waals surface area contributed by atoms with Gasteiger partial charge >= 0.3 is 0 Å². The van der Waals surface area contributed by atoms with Crippen molar-refractivity contribution in [2.45, 2.75) is 51.6 Å². The van der Waals surface area contributed by atoms with Crippen molar-refractivity contribution in [1.82, 2.24) is 10.3 Å². The molecule has 0 amide bonds. The molecule has 3 heteroatoms. The zero-order valence-electron chi connectivity index (χ0n) is 11.8. The zero-order valence-corrected chi connectivity index (χ0v) is 11.8. The maximum Gasteiger partial charge on any atom is 0.0571 e. The van der Waals surface area contributed by atoms with Crippen LogP contribution in [0.5, 0.6) is 0 Å². The van der Waals surface area contributed by atoms with Crippen molar-refractivity contribution < 1.29 is 0 Å². The van der Waals surface area contributed by atoms with Crippen molar-refractivity contribution in [2.24, 2.45) is 0 Å². The Morgan fingerprint density at radius 3 is 2.89 bits per heavy atom. The van der Waals surface area contributed by atoms with E-state index in [1.165, 1.54) is 37.9 Å². The summed E-state index contributed by atoms with van der Waals surface area (Å²) in [6, 6.07) is 5.40. The first-order valence-electron chi connectivity index (χ1n) is 7.16. The van der Waals surface area contributed by atoms with Crippen molar-refractivity contribution in [3.05, 3.63) is 24.0 Å². The average Bonchev–Trinajstić information content (AvgIpc) is 2.46. The second kappa shape index (κ2) is 6.19. The molecule has 3 nitrogen and oxygen atoms in total. The molecular formula is C15H25N3. The van der Waals surface area contributed by atoms with Crippen LogP contribution >= 0.6 is 0 Å². The van der Waals surface area contributed by atoms with Crippen LogP contribution in [0.25, 0.3) is 0 Å². The summed E-state index contributed by atoms with van der Waals surface area (Å²) in [7, 11) is 1.97. The molecule has 2 rings (SSSR count). The van der Waals surface area contributed by atoms with Crippen molar-refractivity contribution in [2.75, 3.05) is 18.5 Å². The number of hydrogen-bond donors (Lipinski definition) is 1. The molecule has 2 heterocycles. The fourth-order valence-corrected chi connectivity index (χ4v) is 2.74. The third-order valence-electron chi connectivity index (χ3n) is 4.08. The maximum atomic E-state index is 4.59. The van der Waals surface area contributed by atoms with Crippen LogP contribution in [0.15, 0.2) is 18.3 Å². The van der Waals surface area contributed by atoms with E-state index in [4.69, 9.17) is 0 Å². The molecule has 0 saturated carbocycles. The molecule has 0 aliphatic carbocycles. The number of hydrogen-bond acceptors (Lipinski definition) is 3. The summed E-state index contributed by atoms with van der Waals surface area (Å²) in [6.07, 6.45) is 7.28. The summed E-state index contributed by atoms with van der Waals surface area (Å²) in [5.74, 6) is 0. The van der Waals surface area contributed by atoms with E-state index in [1.807, 2.05) is 13.2 Å². The second-order valence-corrected chi connectivity index (χ2v) is 5.20. The van der Waals surface area contributed by atoms with E-state index < -0.39 is 0 Å². The summed E-state index contributed by atoms with van der Waals surface area (Å²) in [4.78, 5) is 7.12. The van der Waals surface area contributed by atoms with Gasteiger partial charge in [-0.15, -0.1) is 0 Å². The predicted octanol–water partition coefficient (Wildman–Crippen LogP) is 3.13.